The first-order valence-electron chi connectivity index (χ1n) is 6.11. The van der Waals surface area contributed by atoms with Crippen molar-refractivity contribution < 1.29 is 0 Å². The van der Waals surface area contributed by atoms with Crippen LogP contribution in [0.3, 0.4) is 0 Å². The van der Waals surface area contributed by atoms with Gasteiger partial charge in [0.15, 0.2) is 0 Å². The molecule has 0 heterocycles. The first kappa shape index (κ1) is 12.5. The molecular weight excluding hydrogens is 180 g/mol. The lowest BCUT2D eigenvalue weighted by molar-refractivity contribution is 0.0902. The molecule has 86 valence electrons. The van der Waals surface area contributed by atoms with Gasteiger partial charge in [0, 0.05) is 0 Å². The van der Waals surface area contributed by atoms with Crippen LogP contribution in [0.2, 0.25) is 0 Å². The molecule has 0 N–H and O–H groups in total. The Bertz CT molecular complexity index is 270. The molecule has 0 nitrogen and oxygen atoms in total. The van der Waals surface area contributed by atoms with E-state index in [4.69, 9.17) is 0 Å². The molecule has 0 radical (unpaired) electrons. The SMILES string of the molecule is C=C(/C=C\C)[C@]1(C)CC(C)CC(C)(C)C1. The van der Waals surface area contributed by atoms with Crippen molar-refractivity contribution in [1.82, 2.24) is 0 Å². The van der Waals surface area contributed by atoms with Gasteiger partial charge in [-0.05, 0) is 48.5 Å². The summed E-state index contributed by atoms with van der Waals surface area (Å²) >= 11 is 0. The van der Waals surface area contributed by atoms with E-state index in [1.165, 1.54) is 24.8 Å². The van der Waals surface area contributed by atoms with Crippen molar-refractivity contribution in [3.8, 4) is 0 Å². The lowest BCUT2D eigenvalue weighted by atomic mass is 9.59. The number of rotatable bonds is 2. The predicted octanol–water partition coefficient (Wildman–Crippen LogP) is 4.97. The van der Waals surface area contributed by atoms with Gasteiger partial charge in [-0.2, -0.15) is 0 Å². The van der Waals surface area contributed by atoms with Crippen LogP contribution < -0.4 is 0 Å². The Labute approximate surface area is 95.5 Å². The van der Waals surface area contributed by atoms with E-state index < -0.39 is 0 Å². The topological polar surface area (TPSA) is 0 Å². The van der Waals surface area contributed by atoms with Crippen LogP contribution in [0, 0.1) is 16.7 Å². The zero-order chi connectivity index (χ0) is 11.7. The van der Waals surface area contributed by atoms with Gasteiger partial charge in [0.1, 0.15) is 0 Å². The molecule has 1 saturated carbocycles. The van der Waals surface area contributed by atoms with E-state index in [1.54, 1.807) is 0 Å². The second-order valence-electron chi connectivity index (χ2n) is 6.44. The molecule has 1 aliphatic carbocycles. The molecule has 0 aromatic rings. The molecule has 0 aromatic carbocycles. The normalized spacial score (nSPS) is 35.7. The molecule has 0 aromatic heterocycles. The Morgan fingerprint density at radius 2 is 1.87 bits per heavy atom. The number of allylic oxidation sites excluding steroid dienone is 3. The monoisotopic (exact) mass is 206 g/mol. The molecule has 0 bridgehead atoms. The average Bonchev–Trinajstić information content (AvgIpc) is 1.99. The van der Waals surface area contributed by atoms with Gasteiger partial charge in [-0.3, -0.25) is 0 Å². The van der Waals surface area contributed by atoms with Crippen LogP contribution in [0.4, 0.5) is 0 Å². The van der Waals surface area contributed by atoms with Crippen molar-refractivity contribution in [3.05, 3.63) is 24.3 Å². The van der Waals surface area contributed by atoms with Crippen LogP contribution in [0.5, 0.6) is 0 Å². The number of hydrogen-bond donors (Lipinski definition) is 0. The second-order valence-corrected chi connectivity index (χ2v) is 6.44. The summed E-state index contributed by atoms with van der Waals surface area (Å²) in [5.74, 6) is 0.820. The molecule has 15 heavy (non-hydrogen) atoms. The zero-order valence-electron chi connectivity index (χ0n) is 11.1. The van der Waals surface area contributed by atoms with Crippen LogP contribution in [0.1, 0.15) is 53.9 Å². The average molecular weight is 206 g/mol. The second kappa shape index (κ2) is 4.15. The summed E-state index contributed by atoms with van der Waals surface area (Å²) in [6, 6.07) is 0. The van der Waals surface area contributed by atoms with Crippen LogP contribution >= 0.6 is 0 Å². The lowest BCUT2D eigenvalue weighted by Crippen LogP contribution is -2.35. The molecule has 0 amide bonds. The summed E-state index contributed by atoms with van der Waals surface area (Å²) in [5.41, 5.74) is 2.09. The molecular formula is C15H26. The highest BCUT2D eigenvalue weighted by molar-refractivity contribution is 5.24. The van der Waals surface area contributed by atoms with Gasteiger partial charge < -0.3 is 0 Å². The highest BCUT2D eigenvalue weighted by atomic mass is 14.4. The molecule has 1 unspecified atom stereocenters. The van der Waals surface area contributed by atoms with E-state index in [1.807, 2.05) is 0 Å². The predicted molar refractivity (Wildman–Crippen MR) is 68.9 cm³/mol. The van der Waals surface area contributed by atoms with Crippen molar-refractivity contribution >= 4 is 0 Å². The maximum Gasteiger partial charge on any atom is -0.00736 e. The molecule has 1 fully saturated rings. The Morgan fingerprint density at radius 3 is 2.33 bits per heavy atom. The molecule has 0 saturated heterocycles. The van der Waals surface area contributed by atoms with E-state index >= 15 is 0 Å². The summed E-state index contributed by atoms with van der Waals surface area (Å²) in [6.45, 7) is 15.9. The summed E-state index contributed by atoms with van der Waals surface area (Å²) < 4.78 is 0. The van der Waals surface area contributed by atoms with Gasteiger partial charge in [-0.1, -0.05) is 46.4 Å². The molecule has 1 rings (SSSR count). The van der Waals surface area contributed by atoms with E-state index in [-0.39, 0.29) is 0 Å². The van der Waals surface area contributed by atoms with Gasteiger partial charge in [0.05, 0.1) is 0 Å². The van der Waals surface area contributed by atoms with Crippen molar-refractivity contribution in [2.45, 2.75) is 53.9 Å². The van der Waals surface area contributed by atoms with Crippen LogP contribution in [-0.2, 0) is 0 Å². The van der Waals surface area contributed by atoms with Gasteiger partial charge in [-0.15, -0.1) is 0 Å². The van der Waals surface area contributed by atoms with Crippen molar-refractivity contribution in [2.24, 2.45) is 16.7 Å². The smallest absolute Gasteiger partial charge is 0.00736 e. The van der Waals surface area contributed by atoms with E-state index in [0.29, 0.717) is 10.8 Å². The summed E-state index contributed by atoms with van der Waals surface area (Å²) in [7, 11) is 0. The fraction of sp³-hybridized carbons (Fsp3) is 0.733. The quantitative estimate of drug-likeness (QED) is 0.559. The van der Waals surface area contributed by atoms with E-state index in [9.17, 15) is 0 Å². The summed E-state index contributed by atoms with van der Waals surface area (Å²) in [4.78, 5) is 0. The van der Waals surface area contributed by atoms with Gasteiger partial charge >= 0.3 is 0 Å². The van der Waals surface area contributed by atoms with Crippen LogP contribution in [-0.4, -0.2) is 0 Å². The largest absolute Gasteiger partial charge is 0.0953 e. The maximum atomic E-state index is 4.25. The molecule has 0 heteroatoms. The highest BCUT2D eigenvalue weighted by Gasteiger charge is 2.40. The summed E-state index contributed by atoms with van der Waals surface area (Å²) in [6.07, 6.45) is 8.22. The third-order valence-corrected chi connectivity index (χ3v) is 3.71. The van der Waals surface area contributed by atoms with E-state index in [0.717, 1.165) is 5.92 Å². The minimum atomic E-state index is 0.313. The fourth-order valence-corrected chi connectivity index (χ4v) is 3.63. The Balaban J connectivity index is 2.88. The molecule has 2 atom stereocenters. The Kier molecular flexibility index (Phi) is 3.48. The van der Waals surface area contributed by atoms with Crippen LogP contribution in [0.25, 0.3) is 0 Å². The third-order valence-electron chi connectivity index (χ3n) is 3.71. The third kappa shape index (κ3) is 2.96. The lowest BCUT2D eigenvalue weighted by Gasteiger charge is -2.46. The molecule has 0 spiro atoms. The van der Waals surface area contributed by atoms with Crippen molar-refractivity contribution in [3.63, 3.8) is 0 Å². The zero-order valence-corrected chi connectivity index (χ0v) is 11.1. The Morgan fingerprint density at radius 1 is 1.27 bits per heavy atom. The minimum Gasteiger partial charge on any atom is -0.0953 e. The van der Waals surface area contributed by atoms with Crippen molar-refractivity contribution in [1.29, 1.82) is 0 Å². The van der Waals surface area contributed by atoms with E-state index in [2.05, 4.69) is 53.3 Å². The fourth-order valence-electron chi connectivity index (χ4n) is 3.63. The molecule has 1 aliphatic rings. The van der Waals surface area contributed by atoms with Gasteiger partial charge in [0.2, 0.25) is 0 Å². The maximum absolute atomic E-state index is 4.25. The van der Waals surface area contributed by atoms with Gasteiger partial charge in [-0.25, -0.2) is 0 Å². The molecule has 0 aliphatic heterocycles. The standard InChI is InChI=1S/C15H26/c1-7-8-13(3)15(6)10-12(2)9-14(4,5)11-15/h7-8,12H,3,9-11H2,1-2,4-6H3/b8-7-/t12?,15-/m1/s1. The first-order valence-corrected chi connectivity index (χ1v) is 6.11. The first-order chi connectivity index (χ1) is 6.79. The number of hydrogen-bond acceptors (Lipinski definition) is 0. The summed E-state index contributed by atoms with van der Waals surface area (Å²) in [5, 5.41) is 0. The minimum absolute atomic E-state index is 0.313. The van der Waals surface area contributed by atoms with Crippen molar-refractivity contribution in [2.75, 3.05) is 0 Å². The highest BCUT2D eigenvalue weighted by Crippen LogP contribution is 2.51. The van der Waals surface area contributed by atoms with Crippen LogP contribution in [0.15, 0.2) is 24.3 Å². The van der Waals surface area contributed by atoms with Gasteiger partial charge in [0.25, 0.3) is 0 Å². The Hall–Kier alpha value is -0.520.